The summed E-state index contributed by atoms with van der Waals surface area (Å²) < 4.78 is 32.6. The number of furan rings is 1. The summed E-state index contributed by atoms with van der Waals surface area (Å²) in [5.41, 5.74) is 1.60. The second kappa shape index (κ2) is 10.1. The number of rotatable bonds is 9. The van der Waals surface area contributed by atoms with Gasteiger partial charge in [-0.05, 0) is 67.9 Å². The van der Waals surface area contributed by atoms with Gasteiger partial charge in [-0.3, -0.25) is 9.69 Å². The van der Waals surface area contributed by atoms with Gasteiger partial charge in [0, 0.05) is 12.1 Å². The van der Waals surface area contributed by atoms with Crippen molar-refractivity contribution in [3.8, 4) is 0 Å². The first-order valence-electron chi connectivity index (χ1n) is 10.7. The lowest BCUT2D eigenvalue weighted by atomic mass is 10.1. The van der Waals surface area contributed by atoms with E-state index in [0.717, 1.165) is 13.1 Å². The molecule has 1 aliphatic heterocycles. The standard InChI is InChI=1S/C24H27N3O4S/c28-24(25-18-23(27-14-4-5-15-27)19-7-2-1-3-8-19)20-10-12-22(13-11-20)32(29,30)26-17-21-9-6-16-31-21/h1-3,6-13,16,23,26H,4-5,14-15,17-18H2,(H,25,28)/t23-/m1/s1. The van der Waals surface area contributed by atoms with E-state index in [9.17, 15) is 13.2 Å². The number of nitrogens with one attached hydrogen (secondary N) is 2. The topological polar surface area (TPSA) is 91.7 Å². The van der Waals surface area contributed by atoms with Gasteiger partial charge in [-0.15, -0.1) is 0 Å². The van der Waals surface area contributed by atoms with Crippen LogP contribution in [0.25, 0.3) is 0 Å². The second-order valence-electron chi connectivity index (χ2n) is 7.81. The molecule has 0 bridgehead atoms. The van der Waals surface area contributed by atoms with E-state index in [1.807, 2.05) is 18.2 Å². The molecule has 7 nitrogen and oxygen atoms in total. The number of nitrogens with zero attached hydrogens (tertiary/aromatic N) is 1. The smallest absolute Gasteiger partial charge is 0.251 e. The summed E-state index contributed by atoms with van der Waals surface area (Å²) >= 11 is 0. The van der Waals surface area contributed by atoms with E-state index >= 15 is 0 Å². The van der Waals surface area contributed by atoms with Gasteiger partial charge in [0.05, 0.1) is 23.7 Å². The highest BCUT2D eigenvalue weighted by molar-refractivity contribution is 7.89. The Morgan fingerprint density at radius 3 is 2.34 bits per heavy atom. The Bertz CT molecular complexity index is 1110. The normalized spacial score (nSPS) is 15.5. The lowest BCUT2D eigenvalue weighted by molar-refractivity contribution is 0.0938. The number of amides is 1. The average molecular weight is 454 g/mol. The van der Waals surface area contributed by atoms with Crippen LogP contribution in [0.3, 0.4) is 0 Å². The molecule has 2 heterocycles. The molecule has 1 aromatic heterocycles. The lowest BCUT2D eigenvalue weighted by Gasteiger charge is -2.28. The number of carbonyl (C=O) groups is 1. The first-order valence-corrected chi connectivity index (χ1v) is 12.2. The third-order valence-electron chi connectivity index (χ3n) is 5.67. The first-order chi connectivity index (χ1) is 15.5. The van der Waals surface area contributed by atoms with Crippen molar-refractivity contribution >= 4 is 15.9 Å². The number of sulfonamides is 1. The third kappa shape index (κ3) is 5.45. The van der Waals surface area contributed by atoms with Crippen molar-refractivity contribution < 1.29 is 17.6 Å². The Morgan fingerprint density at radius 2 is 1.69 bits per heavy atom. The van der Waals surface area contributed by atoms with Crippen LogP contribution in [0.15, 0.2) is 82.3 Å². The van der Waals surface area contributed by atoms with Crippen molar-refractivity contribution in [2.45, 2.75) is 30.3 Å². The van der Waals surface area contributed by atoms with Crippen LogP contribution < -0.4 is 10.0 Å². The molecule has 0 aliphatic carbocycles. The highest BCUT2D eigenvalue weighted by Gasteiger charge is 2.24. The molecule has 2 aromatic carbocycles. The van der Waals surface area contributed by atoms with Crippen LogP contribution in [0.4, 0.5) is 0 Å². The van der Waals surface area contributed by atoms with E-state index in [-0.39, 0.29) is 23.4 Å². The van der Waals surface area contributed by atoms with Gasteiger partial charge in [0.1, 0.15) is 5.76 Å². The predicted octanol–water partition coefficient (Wildman–Crippen LogP) is 3.33. The fourth-order valence-corrected chi connectivity index (χ4v) is 4.92. The molecule has 3 aromatic rings. The highest BCUT2D eigenvalue weighted by Crippen LogP contribution is 2.24. The monoisotopic (exact) mass is 453 g/mol. The largest absolute Gasteiger partial charge is 0.468 e. The first kappa shape index (κ1) is 22.3. The van der Waals surface area contributed by atoms with Crippen molar-refractivity contribution in [1.82, 2.24) is 14.9 Å². The molecule has 32 heavy (non-hydrogen) atoms. The van der Waals surface area contributed by atoms with Crippen molar-refractivity contribution in [2.24, 2.45) is 0 Å². The van der Waals surface area contributed by atoms with Crippen LogP contribution >= 0.6 is 0 Å². The van der Waals surface area contributed by atoms with Gasteiger partial charge in [0.25, 0.3) is 5.91 Å². The van der Waals surface area contributed by atoms with Crippen LogP contribution in [0, 0.1) is 0 Å². The van der Waals surface area contributed by atoms with E-state index < -0.39 is 10.0 Å². The van der Waals surface area contributed by atoms with E-state index in [0.29, 0.717) is 17.9 Å². The minimum Gasteiger partial charge on any atom is -0.468 e. The Labute approximate surface area is 188 Å². The van der Waals surface area contributed by atoms with E-state index in [2.05, 4.69) is 27.1 Å². The second-order valence-corrected chi connectivity index (χ2v) is 9.57. The Hall–Kier alpha value is -2.94. The van der Waals surface area contributed by atoms with Crippen LogP contribution in [-0.4, -0.2) is 38.9 Å². The number of hydrogen-bond acceptors (Lipinski definition) is 5. The van der Waals surface area contributed by atoms with Crippen LogP contribution in [0.1, 0.15) is 40.6 Å². The maximum absolute atomic E-state index is 12.7. The minimum atomic E-state index is -3.70. The summed E-state index contributed by atoms with van der Waals surface area (Å²) in [4.78, 5) is 15.2. The zero-order valence-electron chi connectivity index (χ0n) is 17.7. The average Bonchev–Trinajstić information content (AvgIpc) is 3.53. The van der Waals surface area contributed by atoms with Crippen LogP contribution in [0.5, 0.6) is 0 Å². The van der Waals surface area contributed by atoms with Gasteiger partial charge in [-0.25, -0.2) is 13.1 Å². The summed E-state index contributed by atoms with van der Waals surface area (Å²) in [6, 6.07) is 19.6. The molecular weight excluding hydrogens is 426 g/mol. The number of carbonyl (C=O) groups excluding carboxylic acids is 1. The highest BCUT2D eigenvalue weighted by atomic mass is 32.2. The molecular formula is C24H27N3O4S. The lowest BCUT2D eigenvalue weighted by Crippen LogP contribution is -2.36. The molecule has 0 unspecified atom stereocenters. The minimum absolute atomic E-state index is 0.0644. The Kier molecular flexibility index (Phi) is 7.04. The van der Waals surface area contributed by atoms with Crippen molar-refractivity contribution in [2.75, 3.05) is 19.6 Å². The molecule has 8 heteroatoms. The predicted molar refractivity (Wildman–Crippen MR) is 121 cm³/mol. The third-order valence-corrected chi connectivity index (χ3v) is 7.08. The molecule has 1 amide bonds. The molecule has 4 rings (SSSR count). The van der Waals surface area contributed by atoms with Gasteiger partial charge in [0.2, 0.25) is 10.0 Å². The van der Waals surface area contributed by atoms with Crippen LogP contribution in [0.2, 0.25) is 0 Å². The van der Waals surface area contributed by atoms with Gasteiger partial charge >= 0.3 is 0 Å². The Balaban J connectivity index is 1.38. The summed E-state index contributed by atoms with van der Waals surface area (Å²) in [6.45, 7) is 2.60. The molecule has 168 valence electrons. The van der Waals surface area contributed by atoms with Crippen molar-refractivity contribution in [3.05, 3.63) is 89.9 Å². The summed E-state index contributed by atoms with van der Waals surface area (Å²) in [7, 11) is -3.70. The van der Waals surface area contributed by atoms with E-state index in [1.54, 1.807) is 12.1 Å². The van der Waals surface area contributed by atoms with Gasteiger partial charge < -0.3 is 9.73 Å². The molecule has 0 saturated carbocycles. The number of likely N-dealkylation sites (tertiary alicyclic amines) is 1. The maximum Gasteiger partial charge on any atom is 0.251 e. The SMILES string of the molecule is O=C(NC[C@H](c1ccccc1)N1CCCC1)c1ccc(S(=O)(=O)NCc2ccco2)cc1. The fraction of sp³-hybridized carbons (Fsp3) is 0.292. The fourth-order valence-electron chi connectivity index (χ4n) is 3.93. The molecule has 2 N–H and O–H groups in total. The maximum atomic E-state index is 12.7. The molecule has 1 aliphatic rings. The number of hydrogen-bond donors (Lipinski definition) is 2. The number of benzene rings is 2. The van der Waals surface area contributed by atoms with E-state index in [4.69, 9.17) is 4.42 Å². The van der Waals surface area contributed by atoms with Crippen molar-refractivity contribution in [1.29, 1.82) is 0 Å². The molecule has 1 saturated heterocycles. The molecule has 1 fully saturated rings. The molecule has 1 atom stereocenters. The van der Waals surface area contributed by atoms with Gasteiger partial charge in [-0.2, -0.15) is 0 Å². The zero-order valence-corrected chi connectivity index (χ0v) is 18.6. The van der Waals surface area contributed by atoms with Gasteiger partial charge in [0.15, 0.2) is 0 Å². The van der Waals surface area contributed by atoms with Crippen molar-refractivity contribution in [3.63, 3.8) is 0 Å². The molecule has 0 spiro atoms. The van der Waals surface area contributed by atoms with Gasteiger partial charge in [-0.1, -0.05) is 30.3 Å². The molecule has 0 radical (unpaired) electrons. The quantitative estimate of drug-likeness (QED) is 0.519. The van der Waals surface area contributed by atoms with E-state index in [1.165, 1.54) is 48.9 Å². The van der Waals surface area contributed by atoms with Crippen LogP contribution in [-0.2, 0) is 16.6 Å². The zero-order chi connectivity index (χ0) is 22.4. The summed E-state index contributed by atoms with van der Waals surface area (Å²) in [5.74, 6) is 0.299. The summed E-state index contributed by atoms with van der Waals surface area (Å²) in [6.07, 6.45) is 3.82. The Morgan fingerprint density at radius 1 is 0.969 bits per heavy atom. The summed E-state index contributed by atoms with van der Waals surface area (Å²) in [5, 5.41) is 3.02.